The molecule has 1 aromatic carbocycles. The van der Waals surface area contributed by atoms with Gasteiger partial charge in [-0.3, -0.25) is 4.68 Å². The number of nitrogens with zero attached hydrogens (tertiary/aromatic N) is 4. The quantitative estimate of drug-likeness (QED) is 0.680. The summed E-state index contributed by atoms with van der Waals surface area (Å²) in [6.45, 7) is 4.92. The number of hydrogen-bond donors (Lipinski definition) is 0. The second-order valence-corrected chi connectivity index (χ2v) is 6.32. The van der Waals surface area contributed by atoms with Crippen LogP contribution in [0, 0.1) is 13.8 Å². The Morgan fingerprint density at radius 3 is 2.79 bits per heavy atom. The number of rotatable bonds is 4. The molecule has 0 radical (unpaired) electrons. The van der Waals surface area contributed by atoms with E-state index in [2.05, 4.69) is 31.2 Å². The number of halogens is 1. The second kappa shape index (κ2) is 5.94. The molecule has 0 saturated carbocycles. The maximum absolute atomic E-state index is 5.76. The Morgan fingerprint density at radius 2 is 2.00 bits per heavy atom. The van der Waals surface area contributed by atoms with E-state index in [1.807, 2.05) is 36.7 Å². The molecule has 1 aliphatic rings. The van der Waals surface area contributed by atoms with Crippen LogP contribution in [-0.2, 0) is 13.0 Å². The summed E-state index contributed by atoms with van der Waals surface area (Å²) < 4.78 is 19.4. The molecule has 1 aliphatic heterocycles. The molecular weight excluding hydrogens is 376 g/mol. The Kier molecular flexibility index (Phi) is 3.76. The van der Waals surface area contributed by atoms with Gasteiger partial charge in [-0.1, -0.05) is 0 Å². The highest BCUT2D eigenvalue weighted by atomic mass is 79.9. The summed E-state index contributed by atoms with van der Waals surface area (Å²) in [5.41, 5.74) is 2.87. The standard InChI is InChI=1S/C16H15BrN4O3/c1-9-15(17)10(2)21(20-9)6-5-14-18-19-16(24-14)11-3-4-12-13(7-11)23-8-22-12/h3-4,7H,5-6,8H2,1-2H3. The first kappa shape index (κ1) is 15.2. The monoisotopic (exact) mass is 390 g/mol. The first-order chi connectivity index (χ1) is 11.6. The zero-order chi connectivity index (χ0) is 16.7. The second-order valence-electron chi connectivity index (χ2n) is 5.53. The average Bonchev–Trinajstić information content (AvgIpc) is 3.29. The van der Waals surface area contributed by atoms with Gasteiger partial charge >= 0.3 is 0 Å². The van der Waals surface area contributed by atoms with Gasteiger partial charge in [0.1, 0.15) is 0 Å². The van der Waals surface area contributed by atoms with Crippen molar-refractivity contribution in [3.63, 3.8) is 0 Å². The van der Waals surface area contributed by atoms with E-state index in [1.54, 1.807) is 0 Å². The normalized spacial score (nSPS) is 12.8. The molecule has 3 heterocycles. The highest BCUT2D eigenvalue weighted by Crippen LogP contribution is 2.35. The maximum Gasteiger partial charge on any atom is 0.247 e. The van der Waals surface area contributed by atoms with E-state index in [-0.39, 0.29) is 6.79 Å². The molecule has 3 aromatic rings. The fraction of sp³-hybridized carbons (Fsp3) is 0.312. The summed E-state index contributed by atoms with van der Waals surface area (Å²) in [7, 11) is 0. The minimum Gasteiger partial charge on any atom is -0.454 e. The zero-order valence-corrected chi connectivity index (χ0v) is 14.8. The molecule has 124 valence electrons. The van der Waals surface area contributed by atoms with Crippen molar-refractivity contribution >= 4 is 15.9 Å². The number of fused-ring (bicyclic) bond motifs is 1. The Morgan fingerprint density at radius 1 is 1.17 bits per heavy atom. The lowest BCUT2D eigenvalue weighted by atomic mass is 10.2. The van der Waals surface area contributed by atoms with Crippen molar-refractivity contribution in [2.24, 2.45) is 0 Å². The predicted octanol–water partition coefficient (Wildman–Crippen LogP) is 3.28. The molecule has 0 unspecified atom stereocenters. The summed E-state index contributed by atoms with van der Waals surface area (Å²) in [4.78, 5) is 0. The Bertz CT molecular complexity index is 903. The largest absolute Gasteiger partial charge is 0.454 e. The van der Waals surface area contributed by atoms with Crippen molar-refractivity contribution in [3.05, 3.63) is 40.0 Å². The van der Waals surface area contributed by atoms with Crippen LogP contribution in [0.1, 0.15) is 17.3 Å². The molecule has 0 spiro atoms. The van der Waals surface area contributed by atoms with E-state index in [9.17, 15) is 0 Å². The first-order valence-electron chi connectivity index (χ1n) is 7.54. The van der Waals surface area contributed by atoms with Crippen molar-refractivity contribution in [2.45, 2.75) is 26.8 Å². The van der Waals surface area contributed by atoms with Gasteiger partial charge in [0.2, 0.25) is 18.6 Å². The predicted molar refractivity (Wildman–Crippen MR) is 89.0 cm³/mol. The number of hydrogen-bond acceptors (Lipinski definition) is 6. The van der Waals surface area contributed by atoms with Crippen LogP contribution in [0.15, 0.2) is 27.1 Å². The van der Waals surface area contributed by atoms with Gasteiger partial charge in [-0.15, -0.1) is 10.2 Å². The maximum atomic E-state index is 5.76. The molecule has 0 aliphatic carbocycles. The van der Waals surface area contributed by atoms with E-state index in [0.717, 1.165) is 27.2 Å². The van der Waals surface area contributed by atoms with Crippen molar-refractivity contribution in [3.8, 4) is 23.0 Å². The van der Waals surface area contributed by atoms with E-state index in [4.69, 9.17) is 13.9 Å². The van der Waals surface area contributed by atoms with Crippen molar-refractivity contribution in [1.29, 1.82) is 0 Å². The van der Waals surface area contributed by atoms with Gasteiger partial charge in [0, 0.05) is 24.2 Å². The summed E-state index contributed by atoms with van der Waals surface area (Å²) in [5.74, 6) is 2.47. The summed E-state index contributed by atoms with van der Waals surface area (Å²) in [6.07, 6.45) is 0.617. The number of aromatic nitrogens is 4. The minimum atomic E-state index is 0.242. The Hall–Kier alpha value is -2.35. The van der Waals surface area contributed by atoms with Crippen LogP contribution >= 0.6 is 15.9 Å². The lowest BCUT2D eigenvalue weighted by molar-refractivity contribution is 0.174. The topological polar surface area (TPSA) is 75.2 Å². The van der Waals surface area contributed by atoms with Gasteiger partial charge in [-0.05, 0) is 48.0 Å². The third kappa shape index (κ3) is 2.66. The fourth-order valence-electron chi connectivity index (χ4n) is 2.60. The molecule has 0 saturated heterocycles. The van der Waals surface area contributed by atoms with Crippen molar-refractivity contribution < 1.29 is 13.9 Å². The minimum absolute atomic E-state index is 0.242. The van der Waals surface area contributed by atoms with Crippen LogP contribution in [0.25, 0.3) is 11.5 Å². The molecular formula is C16H15BrN4O3. The highest BCUT2D eigenvalue weighted by Gasteiger charge is 2.17. The van der Waals surface area contributed by atoms with Crippen molar-refractivity contribution in [1.82, 2.24) is 20.0 Å². The molecule has 24 heavy (non-hydrogen) atoms. The van der Waals surface area contributed by atoms with Crippen LogP contribution in [0.2, 0.25) is 0 Å². The molecule has 0 fully saturated rings. The lowest BCUT2D eigenvalue weighted by Crippen LogP contribution is -2.05. The smallest absolute Gasteiger partial charge is 0.247 e. The van der Waals surface area contributed by atoms with Gasteiger partial charge in [0.05, 0.1) is 10.2 Å². The molecule has 7 nitrogen and oxygen atoms in total. The van der Waals surface area contributed by atoms with Crippen LogP contribution in [-0.4, -0.2) is 26.8 Å². The molecule has 8 heteroatoms. The average molecular weight is 391 g/mol. The summed E-state index contributed by atoms with van der Waals surface area (Å²) in [6, 6.07) is 5.57. The van der Waals surface area contributed by atoms with Gasteiger partial charge in [-0.2, -0.15) is 5.10 Å². The van der Waals surface area contributed by atoms with E-state index >= 15 is 0 Å². The third-order valence-electron chi connectivity index (χ3n) is 3.92. The van der Waals surface area contributed by atoms with E-state index in [1.165, 1.54) is 0 Å². The summed E-state index contributed by atoms with van der Waals surface area (Å²) in [5, 5.41) is 12.7. The van der Waals surface area contributed by atoms with E-state index < -0.39 is 0 Å². The van der Waals surface area contributed by atoms with Crippen LogP contribution in [0.5, 0.6) is 11.5 Å². The lowest BCUT2D eigenvalue weighted by Gasteiger charge is -2.01. The van der Waals surface area contributed by atoms with Crippen molar-refractivity contribution in [2.75, 3.05) is 6.79 Å². The van der Waals surface area contributed by atoms with Gasteiger partial charge < -0.3 is 13.9 Å². The molecule has 0 bridgehead atoms. The number of ether oxygens (including phenoxy) is 2. The Labute approximate surface area is 146 Å². The van der Waals surface area contributed by atoms with Crippen LogP contribution < -0.4 is 9.47 Å². The molecule has 0 N–H and O–H groups in total. The van der Waals surface area contributed by atoms with Gasteiger partial charge in [-0.25, -0.2) is 0 Å². The van der Waals surface area contributed by atoms with Gasteiger partial charge in [0.15, 0.2) is 11.5 Å². The SMILES string of the molecule is Cc1nn(CCc2nnc(-c3ccc4c(c3)OCO4)o2)c(C)c1Br. The highest BCUT2D eigenvalue weighted by molar-refractivity contribution is 9.10. The molecule has 0 atom stereocenters. The number of benzene rings is 1. The molecule has 4 rings (SSSR count). The molecule has 0 amide bonds. The third-order valence-corrected chi connectivity index (χ3v) is 5.06. The Balaban J connectivity index is 1.49. The fourth-order valence-corrected chi connectivity index (χ4v) is 2.88. The zero-order valence-electron chi connectivity index (χ0n) is 13.2. The summed E-state index contributed by atoms with van der Waals surface area (Å²) >= 11 is 3.53. The first-order valence-corrected chi connectivity index (χ1v) is 8.33. The van der Waals surface area contributed by atoms with Gasteiger partial charge in [0.25, 0.3) is 0 Å². The van der Waals surface area contributed by atoms with Crippen LogP contribution in [0.4, 0.5) is 0 Å². The van der Waals surface area contributed by atoms with Crippen LogP contribution in [0.3, 0.4) is 0 Å². The number of aryl methyl sites for hydroxylation is 3. The van der Waals surface area contributed by atoms with E-state index in [0.29, 0.717) is 30.5 Å². The molecule has 2 aromatic heterocycles.